The summed E-state index contributed by atoms with van der Waals surface area (Å²) in [5.41, 5.74) is 2.22. The molecule has 1 aromatic carbocycles. The predicted octanol–water partition coefficient (Wildman–Crippen LogP) is 1.41. The highest BCUT2D eigenvalue weighted by molar-refractivity contribution is 5.67. The van der Waals surface area contributed by atoms with Crippen LogP contribution in [-0.4, -0.2) is 48.8 Å². The van der Waals surface area contributed by atoms with Crippen molar-refractivity contribution in [2.45, 2.75) is 13.0 Å². The molecule has 1 heterocycles. The number of anilines is 1. The molecule has 0 bridgehead atoms. The second-order valence-electron chi connectivity index (χ2n) is 4.66. The molecule has 0 aliphatic carbocycles. The van der Waals surface area contributed by atoms with E-state index in [1.807, 2.05) is 12.1 Å². The van der Waals surface area contributed by atoms with Crippen LogP contribution in [0.1, 0.15) is 12.0 Å². The minimum atomic E-state index is -0.781. The highest BCUT2D eigenvalue weighted by atomic mass is 16.5. The van der Waals surface area contributed by atoms with Crippen molar-refractivity contribution in [1.82, 2.24) is 4.90 Å². The van der Waals surface area contributed by atoms with E-state index in [1.54, 1.807) is 0 Å². The lowest BCUT2D eigenvalue weighted by Crippen LogP contribution is -2.35. The van der Waals surface area contributed by atoms with Crippen LogP contribution in [0.3, 0.4) is 0 Å². The lowest BCUT2D eigenvalue weighted by atomic mass is 10.2. The molecule has 2 rings (SSSR count). The molecule has 0 radical (unpaired) electrons. The molecule has 104 valence electrons. The molecule has 1 aliphatic rings. The van der Waals surface area contributed by atoms with Gasteiger partial charge in [0.05, 0.1) is 19.6 Å². The molecule has 0 amide bonds. The van der Waals surface area contributed by atoms with Gasteiger partial charge >= 0.3 is 5.97 Å². The number of hydrogen-bond donors (Lipinski definition) is 2. The van der Waals surface area contributed by atoms with Crippen molar-refractivity contribution in [2.75, 3.05) is 38.2 Å². The van der Waals surface area contributed by atoms with Crippen LogP contribution in [0.5, 0.6) is 0 Å². The first-order valence-electron chi connectivity index (χ1n) is 6.59. The van der Waals surface area contributed by atoms with Gasteiger partial charge in [0, 0.05) is 31.9 Å². The fraction of sp³-hybridized carbons (Fsp3) is 0.500. The third-order valence-electron chi connectivity index (χ3n) is 3.10. The molecular formula is C14H20N2O3. The summed E-state index contributed by atoms with van der Waals surface area (Å²) in [6, 6.07) is 8.14. The molecule has 0 spiro atoms. The van der Waals surface area contributed by atoms with E-state index in [0.29, 0.717) is 6.54 Å². The normalized spacial score (nSPS) is 16.2. The molecule has 0 aromatic heterocycles. The molecule has 0 unspecified atom stereocenters. The zero-order valence-electron chi connectivity index (χ0n) is 11.0. The second-order valence-corrected chi connectivity index (χ2v) is 4.66. The molecule has 5 nitrogen and oxygen atoms in total. The van der Waals surface area contributed by atoms with Crippen LogP contribution in [0, 0.1) is 0 Å². The van der Waals surface area contributed by atoms with Gasteiger partial charge in [-0.25, -0.2) is 0 Å². The van der Waals surface area contributed by atoms with Gasteiger partial charge < -0.3 is 15.2 Å². The Hall–Kier alpha value is -1.59. The summed E-state index contributed by atoms with van der Waals surface area (Å²) in [7, 11) is 0. The van der Waals surface area contributed by atoms with Crippen molar-refractivity contribution in [2.24, 2.45) is 0 Å². The number of hydrogen-bond acceptors (Lipinski definition) is 4. The molecule has 1 aliphatic heterocycles. The van der Waals surface area contributed by atoms with Gasteiger partial charge in [0.1, 0.15) is 0 Å². The summed E-state index contributed by atoms with van der Waals surface area (Å²) in [6.45, 7) is 4.91. The van der Waals surface area contributed by atoms with E-state index in [0.717, 1.165) is 38.5 Å². The van der Waals surface area contributed by atoms with Gasteiger partial charge in [0.25, 0.3) is 0 Å². The zero-order chi connectivity index (χ0) is 13.5. The SMILES string of the molecule is O=C(O)CCNc1cccc(CN2CCOCC2)c1. The maximum absolute atomic E-state index is 10.5. The topological polar surface area (TPSA) is 61.8 Å². The Morgan fingerprint density at radius 3 is 2.89 bits per heavy atom. The summed E-state index contributed by atoms with van der Waals surface area (Å²) >= 11 is 0. The number of benzene rings is 1. The van der Waals surface area contributed by atoms with E-state index in [2.05, 4.69) is 22.3 Å². The maximum atomic E-state index is 10.5. The van der Waals surface area contributed by atoms with Crippen molar-refractivity contribution < 1.29 is 14.6 Å². The number of ether oxygens (including phenoxy) is 1. The van der Waals surface area contributed by atoms with Crippen molar-refractivity contribution >= 4 is 11.7 Å². The quantitative estimate of drug-likeness (QED) is 0.813. The Morgan fingerprint density at radius 2 is 2.16 bits per heavy atom. The number of carboxylic acids is 1. The Bertz CT molecular complexity index is 417. The van der Waals surface area contributed by atoms with E-state index >= 15 is 0 Å². The second kappa shape index (κ2) is 7.11. The standard InChI is InChI=1S/C14H20N2O3/c17-14(18)4-5-15-13-3-1-2-12(10-13)11-16-6-8-19-9-7-16/h1-3,10,15H,4-9,11H2,(H,17,18). The van der Waals surface area contributed by atoms with Crippen LogP contribution < -0.4 is 5.32 Å². The van der Waals surface area contributed by atoms with Crippen LogP contribution in [0.15, 0.2) is 24.3 Å². The minimum absolute atomic E-state index is 0.133. The average molecular weight is 264 g/mol. The van der Waals surface area contributed by atoms with Gasteiger partial charge in [0.15, 0.2) is 0 Å². The van der Waals surface area contributed by atoms with E-state index in [4.69, 9.17) is 9.84 Å². The molecule has 1 saturated heterocycles. The monoisotopic (exact) mass is 264 g/mol. The molecule has 2 N–H and O–H groups in total. The molecule has 0 atom stereocenters. The first-order valence-corrected chi connectivity index (χ1v) is 6.59. The fourth-order valence-electron chi connectivity index (χ4n) is 2.11. The van der Waals surface area contributed by atoms with Crippen LogP contribution >= 0.6 is 0 Å². The summed E-state index contributed by atoms with van der Waals surface area (Å²) in [5, 5.41) is 11.7. The maximum Gasteiger partial charge on any atom is 0.305 e. The molecule has 5 heteroatoms. The summed E-state index contributed by atoms with van der Waals surface area (Å²) in [6.07, 6.45) is 0.133. The predicted molar refractivity (Wildman–Crippen MR) is 73.3 cm³/mol. The van der Waals surface area contributed by atoms with Crippen LogP contribution in [-0.2, 0) is 16.1 Å². The summed E-state index contributed by atoms with van der Waals surface area (Å²) < 4.78 is 5.33. The molecule has 1 fully saturated rings. The summed E-state index contributed by atoms with van der Waals surface area (Å²) in [5.74, 6) is -0.781. The molecule has 19 heavy (non-hydrogen) atoms. The number of rotatable bonds is 6. The third-order valence-corrected chi connectivity index (χ3v) is 3.10. The van der Waals surface area contributed by atoms with Crippen LogP contribution in [0.2, 0.25) is 0 Å². The highest BCUT2D eigenvalue weighted by Gasteiger charge is 2.10. The van der Waals surface area contributed by atoms with E-state index < -0.39 is 5.97 Å². The van der Waals surface area contributed by atoms with Crippen LogP contribution in [0.4, 0.5) is 5.69 Å². The molecule has 0 saturated carbocycles. The third kappa shape index (κ3) is 4.89. The smallest absolute Gasteiger partial charge is 0.305 e. The number of morpholine rings is 1. The van der Waals surface area contributed by atoms with E-state index in [1.165, 1.54) is 5.56 Å². The van der Waals surface area contributed by atoms with E-state index in [9.17, 15) is 4.79 Å². The van der Waals surface area contributed by atoms with Crippen molar-refractivity contribution in [3.8, 4) is 0 Å². The Balaban J connectivity index is 1.85. The van der Waals surface area contributed by atoms with Gasteiger partial charge in [-0.2, -0.15) is 0 Å². The lowest BCUT2D eigenvalue weighted by molar-refractivity contribution is -0.136. The lowest BCUT2D eigenvalue weighted by Gasteiger charge is -2.26. The Morgan fingerprint density at radius 1 is 1.37 bits per heavy atom. The fourth-order valence-corrected chi connectivity index (χ4v) is 2.11. The van der Waals surface area contributed by atoms with Gasteiger partial charge in [-0.15, -0.1) is 0 Å². The first kappa shape index (κ1) is 13.8. The first-order chi connectivity index (χ1) is 9.24. The Labute approximate surface area is 113 Å². The van der Waals surface area contributed by atoms with Crippen molar-refractivity contribution in [3.63, 3.8) is 0 Å². The number of carbonyl (C=O) groups is 1. The largest absolute Gasteiger partial charge is 0.481 e. The Kier molecular flexibility index (Phi) is 5.18. The minimum Gasteiger partial charge on any atom is -0.481 e. The van der Waals surface area contributed by atoms with Gasteiger partial charge in [-0.05, 0) is 17.7 Å². The number of nitrogens with zero attached hydrogens (tertiary/aromatic N) is 1. The van der Waals surface area contributed by atoms with Crippen molar-refractivity contribution in [3.05, 3.63) is 29.8 Å². The summed E-state index contributed by atoms with van der Waals surface area (Å²) in [4.78, 5) is 12.8. The molecule has 1 aromatic rings. The average Bonchev–Trinajstić information content (AvgIpc) is 2.40. The van der Waals surface area contributed by atoms with Crippen LogP contribution in [0.25, 0.3) is 0 Å². The zero-order valence-corrected chi connectivity index (χ0v) is 11.0. The van der Waals surface area contributed by atoms with Gasteiger partial charge in [-0.1, -0.05) is 12.1 Å². The highest BCUT2D eigenvalue weighted by Crippen LogP contribution is 2.13. The molecular weight excluding hydrogens is 244 g/mol. The number of nitrogens with one attached hydrogen (secondary N) is 1. The van der Waals surface area contributed by atoms with Gasteiger partial charge in [-0.3, -0.25) is 9.69 Å². The number of aliphatic carboxylic acids is 1. The van der Waals surface area contributed by atoms with Crippen molar-refractivity contribution in [1.29, 1.82) is 0 Å². The van der Waals surface area contributed by atoms with E-state index in [-0.39, 0.29) is 6.42 Å². The number of carboxylic acid groups (broad SMARTS) is 1. The van der Waals surface area contributed by atoms with Gasteiger partial charge in [0.2, 0.25) is 0 Å².